The number of carbonyl (C=O) groups is 1. The third kappa shape index (κ3) is 4.51. The highest BCUT2D eigenvalue weighted by Crippen LogP contribution is 2.17. The molecule has 1 amide bonds. The Morgan fingerprint density at radius 1 is 1.42 bits per heavy atom. The number of rotatable bonds is 6. The third-order valence-electron chi connectivity index (χ3n) is 3.19. The van der Waals surface area contributed by atoms with Crippen molar-refractivity contribution >= 4 is 17.5 Å². The van der Waals surface area contributed by atoms with E-state index in [-0.39, 0.29) is 5.91 Å². The van der Waals surface area contributed by atoms with Crippen LogP contribution in [0.25, 0.3) is 0 Å². The Bertz CT molecular complexity index is 432. The smallest absolute Gasteiger partial charge is 0.242 e. The number of carbonyl (C=O) groups excluding carboxylic acids is 1. The third-order valence-corrected chi connectivity index (χ3v) is 3.42. The van der Waals surface area contributed by atoms with E-state index in [9.17, 15) is 4.79 Å². The first-order valence-corrected chi connectivity index (χ1v) is 7.11. The summed E-state index contributed by atoms with van der Waals surface area (Å²) in [7, 11) is 0. The van der Waals surface area contributed by atoms with Crippen LogP contribution >= 0.6 is 11.6 Å². The highest BCUT2D eigenvalue weighted by atomic mass is 35.5. The molecule has 1 aromatic rings. The minimum atomic E-state index is -0.788. The second-order valence-corrected chi connectivity index (χ2v) is 5.55. The van der Waals surface area contributed by atoms with E-state index in [1.807, 2.05) is 38.1 Å². The molecular formula is C15H23ClN2O. The molecule has 1 aromatic carbocycles. The van der Waals surface area contributed by atoms with Crippen LogP contribution in [0.5, 0.6) is 0 Å². The maximum atomic E-state index is 12.4. The number of nitrogens with zero attached hydrogens (tertiary/aromatic N) is 1. The maximum Gasteiger partial charge on any atom is 0.242 e. The summed E-state index contributed by atoms with van der Waals surface area (Å²) in [6.45, 7) is 6.99. The van der Waals surface area contributed by atoms with Crippen molar-refractivity contribution in [3.63, 3.8) is 0 Å². The second-order valence-electron chi connectivity index (χ2n) is 5.12. The van der Waals surface area contributed by atoms with Crippen molar-refractivity contribution in [3.8, 4) is 0 Å². The Kier molecular flexibility index (Phi) is 5.83. The summed E-state index contributed by atoms with van der Waals surface area (Å²) in [6.07, 6.45) is 1.59. The molecule has 0 saturated carbocycles. The number of hydrogen-bond donors (Lipinski definition) is 1. The van der Waals surface area contributed by atoms with Crippen LogP contribution in [0.1, 0.15) is 39.2 Å². The van der Waals surface area contributed by atoms with E-state index in [1.54, 1.807) is 11.8 Å². The lowest BCUT2D eigenvalue weighted by molar-refractivity contribution is -0.137. The quantitative estimate of drug-likeness (QED) is 0.871. The molecule has 0 spiro atoms. The molecule has 0 radical (unpaired) electrons. The Balaban J connectivity index is 2.81. The zero-order valence-corrected chi connectivity index (χ0v) is 12.7. The van der Waals surface area contributed by atoms with Gasteiger partial charge in [0.1, 0.15) is 0 Å². The molecule has 0 bridgehead atoms. The van der Waals surface area contributed by atoms with E-state index in [0.29, 0.717) is 24.5 Å². The van der Waals surface area contributed by atoms with Gasteiger partial charge in [0.15, 0.2) is 0 Å². The molecule has 106 valence electrons. The molecule has 0 aliphatic rings. The Labute approximate surface area is 120 Å². The van der Waals surface area contributed by atoms with E-state index in [1.165, 1.54) is 0 Å². The predicted molar refractivity (Wildman–Crippen MR) is 80.0 cm³/mol. The van der Waals surface area contributed by atoms with Crippen molar-refractivity contribution in [1.82, 2.24) is 4.90 Å². The predicted octanol–water partition coefficient (Wildman–Crippen LogP) is 3.21. The van der Waals surface area contributed by atoms with Gasteiger partial charge in [-0.2, -0.15) is 0 Å². The van der Waals surface area contributed by atoms with Gasteiger partial charge in [0.05, 0.1) is 5.54 Å². The van der Waals surface area contributed by atoms with Crippen LogP contribution in [-0.2, 0) is 11.3 Å². The molecule has 0 aromatic heterocycles. The van der Waals surface area contributed by atoms with Crippen molar-refractivity contribution in [1.29, 1.82) is 0 Å². The highest BCUT2D eigenvalue weighted by Gasteiger charge is 2.31. The van der Waals surface area contributed by atoms with E-state index >= 15 is 0 Å². The Hall–Kier alpha value is -1.06. The Morgan fingerprint density at radius 2 is 2.11 bits per heavy atom. The van der Waals surface area contributed by atoms with Gasteiger partial charge < -0.3 is 10.6 Å². The second kappa shape index (κ2) is 6.92. The topological polar surface area (TPSA) is 46.3 Å². The summed E-state index contributed by atoms with van der Waals surface area (Å²) >= 11 is 5.96. The molecule has 0 aliphatic carbocycles. The largest absolute Gasteiger partial charge is 0.337 e. The van der Waals surface area contributed by atoms with Crippen LogP contribution in [0.4, 0.5) is 0 Å². The first kappa shape index (κ1) is 16.0. The fourth-order valence-corrected chi connectivity index (χ4v) is 2.38. The van der Waals surface area contributed by atoms with Crippen LogP contribution in [0.3, 0.4) is 0 Å². The van der Waals surface area contributed by atoms with E-state index in [0.717, 1.165) is 12.0 Å². The normalized spacial score (nSPS) is 13.9. The van der Waals surface area contributed by atoms with Crippen LogP contribution in [0.2, 0.25) is 5.02 Å². The first-order chi connectivity index (χ1) is 8.90. The lowest BCUT2D eigenvalue weighted by Crippen LogP contribution is -2.52. The summed E-state index contributed by atoms with van der Waals surface area (Å²) in [5, 5.41) is 0.685. The Morgan fingerprint density at radius 3 is 2.63 bits per heavy atom. The number of amides is 1. The summed E-state index contributed by atoms with van der Waals surface area (Å²) in [5.74, 6) is -0.00294. The molecule has 4 heteroatoms. The molecular weight excluding hydrogens is 260 g/mol. The fraction of sp³-hybridized carbons (Fsp3) is 0.533. The minimum Gasteiger partial charge on any atom is -0.337 e. The molecule has 19 heavy (non-hydrogen) atoms. The van der Waals surface area contributed by atoms with Gasteiger partial charge in [-0.25, -0.2) is 0 Å². The van der Waals surface area contributed by atoms with Crippen molar-refractivity contribution in [3.05, 3.63) is 34.9 Å². The van der Waals surface area contributed by atoms with E-state index in [4.69, 9.17) is 17.3 Å². The standard InChI is InChI=1S/C15H23ClN2O/c1-4-9-15(3,17)14(19)18(5-2)11-12-7-6-8-13(16)10-12/h6-8,10H,4-5,9,11,17H2,1-3H3. The number of hydrogen-bond acceptors (Lipinski definition) is 2. The van der Waals surface area contributed by atoms with E-state index < -0.39 is 5.54 Å². The van der Waals surface area contributed by atoms with Gasteiger partial charge >= 0.3 is 0 Å². The zero-order valence-electron chi connectivity index (χ0n) is 11.9. The average Bonchev–Trinajstić information content (AvgIpc) is 2.35. The molecule has 0 heterocycles. The molecule has 2 N–H and O–H groups in total. The summed E-state index contributed by atoms with van der Waals surface area (Å²) < 4.78 is 0. The molecule has 0 fully saturated rings. The molecule has 3 nitrogen and oxygen atoms in total. The van der Waals surface area contributed by atoms with Crippen LogP contribution in [0.15, 0.2) is 24.3 Å². The van der Waals surface area contributed by atoms with Crippen LogP contribution < -0.4 is 5.73 Å². The zero-order chi connectivity index (χ0) is 14.5. The number of likely N-dealkylation sites (N-methyl/N-ethyl adjacent to an activating group) is 1. The number of nitrogens with two attached hydrogens (primary N) is 1. The van der Waals surface area contributed by atoms with Gasteiger partial charge in [0, 0.05) is 18.1 Å². The lowest BCUT2D eigenvalue weighted by atomic mass is 9.95. The van der Waals surface area contributed by atoms with E-state index in [2.05, 4.69) is 0 Å². The lowest BCUT2D eigenvalue weighted by Gasteiger charge is -2.31. The van der Waals surface area contributed by atoms with Gasteiger partial charge in [-0.05, 0) is 38.0 Å². The van der Waals surface area contributed by atoms with Gasteiger partial charge in [-0.15, -0.1) is 0 Å². The van der Waals surface area contributed by atoms with Gasteiger partial charge in [0.2, 0.25) is 5.91 Å². The SMILES string of the molecule is CCCC(C)(N)C(=O)N(CC)Cc1cccc(Cl)c1. The van der Waals surface area contributed by atoms with Crippen molar-refractivity contribution in [2.75, 3.05) is 6.54 Å². The van der Waals surface area contributed by atoms with Crippen LogP contribution in [0, 0.1) is 0 Å². The average molecular weight is 283 g/mol. The number of halogens is 1. The summed E-state index contributed by atoms with van der Waals surface area (Å²) in [6, 6.07) is 7.57. The first-order valence-electron chi connectivity index (χ1n) is 6.73. The monoisotopic (exact) mass is 282 g/mol. The number of benzene rings is 1. The molecule has 1 rings (SSSR count). The van der Waals surface area contributed by atoms with Gasteiger partial charge in [-0.1, -0.05) is 37.1 Å². The van der Waals surface area contributed by atoms with Crippen LogP contribution in [-0.4, -0.2) is 22.9 Å². The molecule has 0 aliphatic heterocycles. The summed E-state index contributed by atoms with van der Waals surface area (Å²) in [5.41, 5.74) is 6.35. The minimum absolute atomic E-state index is 0.00294. The van der Waals surface area contributed by atoms with Gasteiger partial charge in [-0.3, -0.25) is 4.79 Å². The van der Waals surface area contributed by atoms with Crippen molar-refractivity contribution < 1.29 is 4.79 Å². The van der Waals surface area contributed by atoms with Crippen molar-refractivity contribution in [2.24, 2.45) is 5.73 Å². The van der Waals surface area contributed by atoms with Gasteiger partial charge in [0.25, 0.3) is 0 Å². The summed E-state index contributed by atoms with van der Waals surface area (Å²) in [4.78, 5) is 14.2. The fourth-order valence-electron chi connectivity index (χ4n) is 2.17. The molecule has 0 saturated heterocycles. The molecule has 1 atom stereocenters. The van der Waals surface area contributed by atoms with Crippen molar-refractivity contribution in [2.45, 2.75) is 45.7 Å². The highest BCUT2D eigenvalue weighted by molar-refractivity contribution is 6.30. The maximum absolute atomic E-state index is 12.4. The molecule has 1 unspecified atom stereocenters.